The summed E-state index contributed by atoms with van der Waals surface area (Å²) in [5.41, 5.74) is 0. The lowest BCUT2D eigenvalue weighted by Gasteiger charge is -2.35. The van der Waals surface area contributed by atoms with Crippen LogP contribution in [0.3, 0.4) is 0 Å². The van der Waals surface area contributed by atoms with E-state index in [-0.39, 0.29) is 23.9 Å². The number of rotatable bonds is 7. The summed E-state index contributed by atoms with van der Waals surface area (Å²) in [5.74, 6) is -0.255. The zero-order valence-electron chi connectivity index (χ0n) is 12.9. The van der Waals surface area contributed by atoms with Gasteiger partial charge in [0.25, 0.3) is 0 Å². The fourth-order valence-electron chi connectivity index (χ4n) is 2.67. The first kappa shape index (κ1) is 17.0. The molecule has 0 saturated carbocycles. The quantitative estimate of drug-likeness (QED) is 0.670. The molecule has 1 aliphatic rings. The van der Waals surface area contributed by atoms with E-state index in [1.807, 2.05) is 13.8 Å². The van der Waals surface area contributed by atoms with Crippen LogP contribution in [-0.2, 0) is 19.1 Å². The van der Waals surface area contributed by atoms with Crippen molar-refractivity contribution in [3.05, 3.63) is 0 Å². The van der Waals surface area contributed by atoms with Crippen molar-refractivity contribution in [2.75, 3.05) is 26.3 Å². The minimum absolute atomic E-state index is 0.0179. The van der Waals surface area contributed by atoms with Gasteiger partial charge in [-0.25, -0.2) is 0 Å². The van der Waals surface area contributed by atoms with E-state index < -0.39 is 0 Å². The number of likely N-dealkylation sites (tertiary alicyclic amines) is 1. The van der Waals surface area contributed by atoms with E-state index in [0.29, 0.717) is 13.2 Å². The number of nitrogens with zero attached hydrogens (tertiary/aromatic N) is 1. The van der Waals surface area contributed by atoms with Crippen molar-refractivity contribution in [3.63, 3.8) is 0 Å². The van der Waals surface area contributed by atoms with Gasteiger partial charge < -0.3 is 9.47 Å². The van der Waals surface area contributed by atoms with Gasteiger partial charge in [-0.3, -0.25) is 14.5 Å². The Balaban J connectivity index is 2.52. The highest BCUT2D eigenvalue weighted by Crippen LogP contribution is 2.22. The van der Waals surface area contributed by atoms with Crippen molar-refractivity contribution >= 4 is 11.9 Å². The van der Waals surface area contributed by atoms with Gasteiger partial charge in [0.2, 0.25) is 0 Å². The maximum atomic E-state index is 12.0. The van der Waals surface area contributed by atoms with Crippen LogP contribution in [0.1, 0.15) is 46.5 Å². The molecule has 1 fully saturated rings. The molecular weight excluding hydrogens is 258 g/mol. The van der Waals surface area contributed by atoms with Gasteiger partial charge in [-0.05, 0) is 46.2 Å². The highest BCUT2D eigenvalue weighted by Gasteiger charge is 2.32. The first-order valence-corrected chi connectivity index (χ1v) is 7.71. The molecule has 0 aliphatic carbocycles. The average Bonchev–Trinajstić information content (AvgIpc) is 2.45. The molecule has 0 aromatic rings. The topological polar surface area (TPSA) is 55.8 Å². The zero-order chi connectivity index (χ0) is 15.0. The fraction of sp³-hybridized carbons (Fsp3) is 0.867. The van der Waals surface area contributed by atoms with Crippen molar-refractivity contribution < 1.29 is 19.1 Å². The molecule has 1 unspecified atom stereocenters. The van der Waals surface area contributed by atoms with Crippen molar-refractivity contribution in [3.8, 4) is 0 Å². The number of hydrogen-bond acceptors (Lipinski definition) is 5. The first-order valence-electron chi connectivity index (χ1n) is 7.71. The van der Waals surface area contributed by atoms with Crippen LogP contribution < -0.4 is 0 Å². The van der Waals surface area contributed by atoms with Gasteiger partial charge in [-0.15, -0.1) is 0 Å². The van der Waals surface area contributed by atoms with Gasteiger partial charge in [0.1, 0.15) is 6.04 Å². The van der Waals surface area contributed by atoms with Crippen molar-refractivity contribution in [1.29, 1.82) is 0 Å². The van der Waals surface area contributed by atoms with E-state index in [0.717, 1.165) is 38.8 Å². The molecule has 0 radical (unpaired) electrons. The lowest BCUT2D eigenvalue weighted by atomic mass is 9.95. The van der Waals surface area contributed by atoms with Crippen LogP contribution in [0.15, 0.2) is 0 Å². The SMILES string of the molecule is CCCC(C(=O)OCC)N1CCC(C(=O)OCC)CC1. The molecule has 1 aliphatic heterocycles. The minimum atomic E-state index is -0.164. The summed E-state index contributed by atoms with van der Waals surface area (Å²) in [4.78, 5) is 25.8. The molecular formula is C15H27NO4. The number of hydrogen-bond donors (Lipinski definition) is 0. The maximum absolute atomic E-state index is 12.0. The van der Waals surface area contributed by atoms with Crippen LogP contribution in [-0.4, -0.2) is 49.2 Å². The van der Waals surface area contributed by atoms with Gasteiger partial charge in [-0.1, -0.05) is 13.3 Å². The lowest BCUT2D eigenvalue weighted by molar-refractivity contribution is -0.152. The second-order valence-electron chi connectivity index (χ2n) is 5.12. The highest BCUT2D eigenvalue weighted by molar-refractivity contribution is 5.76. The minimum Gasteiger partial charge on any atom is -0.466 e. The molecule has 1 heterocycles. The summed E-state index contributed by atoms with van der Waals surface area (Å²) in [6, 6.07) is -0.164. The van der Waals surface area contributed by atoms with Gasteiger partial charge in [-0.2, -0.15) is 0 Å². The number of carbonyl (C=O) groups excluding carboxylic acids is 2. The van der Waals surface area contributed by atoms with Gasteiger partial charge in [0.15, 0.2) is 0 Å². The van der Waals surface area contributed by atoms with E-state index >= 15 is 0 Å². The third-order valence-corrected chi connectivity index (χ3v) is 3.71. The molecule has 0 amide bonds. The number of carbonyl (C=O) groups is 2. The van der Waals surface area contributed by atoms with Gasteiger partial charge in [0, 0.05) is 0 Å². The van der Waals surface area contributed by atoms with E-state index in [1.54, 1.807) is 0 Å². The number of piperidine rings is 1. The Bertz CT molecular complexity index is 311. The van der Waals surface area contributed by atoms with Crippen molar-refractivity contribution in [2.24, 2.45) is 5.92 Å². The molecule has 116 valence electrons. The molecule has 1 atom stereocenters. The standard InChI is InChI=1S/C15H27NO4/c1-4-7-13(15(18)20-6-3)16-10-8-12(9-11-16)14(17)19-5-2/h12-13H,4-11H2,1-3H3. The predicted molar refractivity (Wildman–Crippen MR) is 76.3 cm³/mol. The molecule has 1 rings (SSSR count). The predicted octanol–water partition coefficient (Wildman–Crippen LogP) is 1.99. The summed E-state index contributed by atoms with van der Waals surface area (Å²) >= 11 is 0. The molecule has 5 heteroatoms. The van der Waals surface area contributed by atoms with Crippen molar-refractivity contribution in [1.82, 2.24) is 4.90 Å². The van der Waals surface area contributed by atoms with Crippen LogP contribution in [0.2, 0.25) is 0 Å². The Morgan fingerprint density at radius 3 is 2.20 bits per heavy atom. The Labute approximate surface area is 121 Å². The number of esters is 2. The van der Waals surface area contributed by atoms with E-state index in [2.05, 4.69) is 11.8 Å². The molecule has 0 bridgehead atoms. The fourth-order valence-corrected chi connectivity index (χ4v) is 2.67. The van der Waals surface area contributed by atoms with E-state index in [4.69, 9.17) is 9.47 Å². The van der Waals surface area contributed by atoms with E-state index in [9.17, 15) is 9.59 Å². The van der Waals surface area contributed by atoms with E-state index in [1.165, 1.54) is 0 Å². The molecule has 1 saturated heterocycles. The third-order valence-electron chi connectivity index (χ3n) is 3.71. The largest absolute Gasteiger partial charge is 0.466 e. The summed E-state index contributed by atoms with van der Waals surface area (Å²) in [5, 5.41) is 0. The Hall–Kier alpha value is -1.10. The Kier molecular flexibility index (Phi) is 7.59. The van der Waals surface area contributed by atoms with Crippen LogP contribution in [0.5, 0.6) is 0 Å². The average molecular weight is 285 g/mol. The van der Waals surface area contributed by atoms with Crippen LogP contribution >= 0.6 is 0 Å². The third kappa shape index (κ3) is 4.78. The summed E-state index contributed by atoms with van der Waals surface area (Å²) in [6.07, 6.45) is 3.28. The molecule has 5 nitrogen and oxygen atoms in total. The summed E-state index contributed by atoms with van der Waals surface area (Å²) < 4.78 is 10.2. The van der Waals surface area contributed by atoms with Crippen LogP contribution in [0.4, 0.5) is 0 Å². The second kappa shape index (κ2) is 8.95. The lowest BCUT2D eigenvalue weighted by Crippen LogP contribution is -2.47. The molecule has 0 spiro atoms. The molecule has 0 aromatic heterocycles. The maximum Gasteiger partial charge on any atom is 0.323 e. The Morgan fingerprint density at radius 2 is 1.70 bits per heavy atom. The number of ether oxygens (including phenoxy) is 2. The molecule has 0 N–H and O–H groups in total. The summed E-state index contributed by atoms with van der Waals surface area (Å²) in [7, 11) is 0. The molecule has 0 aromatic carbocycles. The second-order valence-corrected chi connectivity index (χ2v) is 5.12. The van der Waals surface area contributed by atoms with Gasteiger partial charge in [0.05, 0.1) is 19.1 Å². The van der Waals surface area contributed by atoms with Crippen LogP contribution in [0.25, 0.3) is 0 Å². The smallest absolute Gasteiger partial charge is 0.323 e. The van der Waals surface area contributed by atoms with Crippen LogP contribution in [0, 0.1) is 5.92 Å². The zero-order valence-corrected chi connectivity index (χ0v) is 12.9. The van der Waals surface area contributed by atoms with Crippen molar-refractivity contribution in [2.45, 2.75) is 52.5 Å². The Morgan fingerprint density at radius 1 is 1.10 bits per heavy atom. The molecule has 20 heavy (non-hydrogen) atoms. The monoisotopic (exact) mass is 285 g/mol. The first-order chi connectivity index (χ1) is 9.63. The highest BCUT2D eigenvalue weighted by atomic mass is 16.5. The summed E-state index contributed by atoms with van der Waals surface area (Å²) in [6.45, 7) is 8.08. The normalized spacial score (nSPS) is 18.6. The van der Waals surface area contributed by atoms with Gasteiger partial charge >= 0.3 is 11.9 Å².